The van der Waals surface area contributed by atoms with Crippen LogP contribution in [0.5, 0.6) is 0 Å². The summed E-state index contributed by atoms with van der Waals surface area (Å²) in [5.41, 5.74) is 6.15. The largest absolute Gasteiger partial charge is 0.352 e. The zero-order valence-corrected chi connectivity index (χ0v) is 16.3. The average Bonchev–Trinajstić information content (AvgIpc) is 3.28. The van der Waals surface area contributed by atoms with Crippen molar-refractivity contribution < 1.29 is 4.79 Å². The van der Waals surface area contributed by atoms with Crippen LogP contribution in [0.3, 0.4) is 0 Å². The summed E-state index contributed by atoms with van der Waals surface area (Å²) in [5, 5.41) is 4.85. The third-order valence-corrected chi connectivity index (χ3v) is 5.26. The number of carbonyl (C=O) groups is 1. The molecule has 144 valence electrons. The Bertz CT molecular complexity index is 1190. The van der Waals surface area contributed by atoms with Crippen molar-refractivity contribution in [2.24, 2.45) is 7.05 Å². The fraction of sp³-hybridized carbons (Fsp3) is 0.182. The highest BCUT2D eigenvalue weighted by molar-refractivity contribution is 5.92. The van der Waals surface area contributed by atoms with Gasteiger partial charge in [0.1, 0.15) is 5.69 Å². The number of hydrogen-bond acceptors (Lipinski definition) is 4. The molecule has 0 saturated heterocycles. The van der Waals surface area contributed by atoms with Crippen LogP contribution < -0.4 is 0 Å². The first-order valence-electron chi connectivity index (χ1n) is 9.46. The summed E-state index contributed by atoms with van der Waals surface area (Å²) in [6.07, 6.45) is 7.18. The Kier molecular flexibility index (Phi) is 4.01. The van der Waals surface area contributed by atoms with Crippen molar-refractivity contribution in [3.05, 3.63) is 83.8 Å². The summed E-state index contributed by atoms with van der Waals surface area (Å²) in [4.78, 5) is 23.5. The van der Waals surface area contributed by atoms with Gasteiger partial charge in [0, 0.05) is 42.5 Å². The van der Waals surface area contributed by atoms with Crippen molar-refractivity contribution in [3.63, 3.8) is 0 Å². The molecule has 0 aliphatic carbocycles. The first-order chi connectivity index (χ1) is 14.1. The minimum absolute atomic E-state index is 0.134. The molecule has 0 N–H and O–H groups in total. The van der Waals surface area contributed by atoms with Crippen LogP contribution in [-0.2, 0) is 20.1 Å². The number of carbonyl (C=O) groups excluding carboxylic acids is 1. The van der Waals surface area contributed by atoms with Gasteiger partial charge in [-0.05, 0) is 25.1 Å². The standard InChI is InChI=1S/C22H20N6O/c1-15-10-24-19(11-23-15)22(29)27-12-16-13-28(17-6-4-3-5-7-17)25-21(16)18-8-9-26(2)20(18)14-27/h3-11,13H,12,14H2,1-2H3. The summed E-state index contributed by atoms with van der Waals surface area (Å²) in [6, 6.07) is 12.1. The third-order valence-electron chi connectivity index (χ3n) is 5.26. The highest BCUT2D eigenvalue weighted by atomic mass is 16.2. The van der Waals surface area contributed by atoms with Gasteiger partial charge in [-0.2, -0.15) is 5.10 Å². The summed E-state index contributed by atoms with van der Waals surface area (Å²) in [7, 11) is 1.99. The van der Waals surface area contributed by atoms with Gasteiger partial charge in [-0.3, -0.25) is 9.78 Å². The molecule has 29 heavy (non-hydrogen) atoms. The van der Waals surface area contributed by atoms with E-state index in [4.69, 9.17) is 5.10 Å². The van der Waals surface area contributed by atoms with Gasteiger partial charge in [0.2, 0.25) is 0 Å². The fourth-order valence-corrected chi connectivity index (χ4v) is 3.69. The molecule has 0 unspecified atom stereocenters. The van der Waals surface area contributed by atoms with Gasteiger partial charge in [-0.15, -0.1) is 0 Å². The van der Waals surface area contributed by atoms with Crippen molar-refractivity contribution in [3.8, 4) is 16.9 Å². The number of fused-ring (bicyclic) bond motifs is 3. The van der Waals surface area contributed by atoms with Gasteiger partial charge in [0.15, 0.2) is 0 Å². The number of aryl methyl sites for hydroxylation is 2. The summed E-state index contributed by atoms with van der Waals surface area (Å²) >= 11 is 0. The quantitative estimate of drug-likeness (QED) is 0.532. The number of para-hydroxylation sites is 1. The zero-order chi connectivity index (χ0) is 20.0. The third kappa shape index (κ3) is 3.00. The van der Waals surface area contributed by atoms with Crippen molar-refractivity contribution in [1.29, 1.82) is 0 Å². The van der Waals surface area contributed by atoms with E-state index in [2.05, 4.69) is 16.0 Å². The van der Waals surface area contributed by atoms with E-state index in [1.165, 1.54) is 0 Å². The molecule has 0 bridgehead atoms. The lowest BCUT2D eigenvalue weighted by molar-refractivity contribution is 0.0722. The van der Waals surface area contributed by atoms with Crippen LogP contribution in [0.15, 0.2) is 61.2 Å². The molecule has 0 atom stereocenters. The summed E-state index contributed by atoms with van der Waals surface area (Å²) in [6.45, 7) is 2.81. The van der Waals surface area contributed by atoms with E-state index in [1.54, 1.807) is 17.3 Å². The van der Waals surface area contributed by atoms with Crippen LogP contribution in [0.1, 0.15) is 27.4 Å². The summed E-state index contributed by atoms with van der Waals surface area (Å²) < 4.78 is 3.92. The highest BCUT2D eigenvalue weighted by Gasteiger charge is 2.28. The highest BCUT2D eigenvalue weighted by Crippen LogP contribution is 2.33. The lowest BCUT2D eigenvalue weighted by Gasteiger charge is -2.21. The van der Waals surface area contributed by atoms with E-state index in [9.17, 15) is 4.79 Å². The maximum absolute atomic E-state index is 13.2. The van der Waals surface area contributed by atoms with E-state index in [1.807, 2.05) is 65.9 Å². The minimum Gasteiger partial charge on any atom is -0.352 e. The van der Waals surface area contributed by atoms with E-state index in [-0.39, 0.29) is 5.91 Å². The zero-order valence-electron chi connectivity index (χ0n) is 16.3. The molecule has 1 aliphatic heterocycles. The van der Waals surface area contributed by atoms with E-state index in [0.717, 1.165) is 33.9 Å². The topological polar surface area (TPSA) is 68.8 Å². The molecule has 0 radical (unpaired) electrons. The first kappa shape index (κ1) is 17.4. The molecule has 5 rings (SSSR count). The normalized spacial score (nSPS) is 13.0. The number of rotatable bonds is 2. The van der Waals surface area contributed by atoms with E-state index >= 15 is 0 Å². The van der Waals surface area contributed by atoms with Crippen molar-refractivity contribution in [1.82, 2.24) is 29.2 Å². The molecule has 0 spiro atoms. The minimum atomic E-state index is -0.134. The van der Waals surface area contributed by atoms with Gasteiger partial charge in [0.05, 0.1) is 36.4 Å². The molecular formula is C22H20N6O. The van der Waals surface area contributed by atoms with Gasteiger partial charge >= 0.3 is 0 Å². The lowest BCUT2D eigenvalue weighted by atomic mass is 10.1. The second kappa shape index (κ2) is 6.70. The molecule has 3 aromatic heterocycles. The fourth-order valence-electron chi connectivity index (χ4n) is 3.69. The van der Waals surface area contributed by atoms with Crippen LogP contribution in [0.4, 0.5) is 0 Å². The molecule has 4 aromatic rings. The molecule has 1 aliphatic rings. The molecule has 1 amide bonds. The Labute approximate surface area is 168 Å². The smallest absolute Gasteiger partial charge is 0.274 e. The van der Waals surface area contributed by atoms with Crippen molar-refractivity contribution >= 4 is 5.91 Å². The first-order valence-corrected chi connectivity index (χ1v) is 9.46. The van der Waals surface area contributed by atoms with Gasteiger partial charge < -0.3 is 9.47 Å². The van der Waals surface area contributed by atoms with Crippen molar-refractivity contribution in [2.75, 3.05) is 0 Å². The van der Waals surface area contributed by atoms with Crippen LogP contribution in [0.2, 0.25) is 0 Å². The van der Waals surface area contributed by atoms with Crippen LogP contribution in [-0.4, -0.2) is 35.1 Å². The second-order valence-electron chi connectivity index (χ2n) is 7.27. The lowest BCUT2D eigenvalue weighted by Crippen LogP contribution is -2.31. The Balaban J connectivity index is 1.59. The Morgan fingerprint density at radius 3 is 2.62 bits per heavy atom. The molecule has 0 fully saturated rings. The van der Waals surface area contributed by atoms with Crippen molar-refractivity contribution in [2.45, 2.75) is 20.0 Å². The number of nitrogens with zero attached hydrogens (tertiary/aromatic N) is 6. The maximum Gasteiger partial charge on any atom is 0.274 e. The molecule has 7 nitrogen and oxygen atoms in total. The monoisotopic (exact) mass is 384 g/mol. The Hall–Kier alpha value is -3.74. The predicted octanol–water partition coefficient (Wildman–Crippen LogP) is 3.13. The van der Waals surface area contributed by atoms with Crippen LogP contribution in [0, 0.1) is 6.92 Å². The van der Waals surface area contributed by atoms with Gasteiger partial charge in [0.25, 0.3) is 5.91 Å². The average molecular weight is 384 g/mol. The molecule has 7 heteroatoms. The molecule has 4 heterocycles. The second-order valence-corrected chi connectivity index (χ2v) is 7.27. The molecule has 0 saturated carbocycles. The molecular weight excluding hydrogens is 364 g/mol. The Morgan fingerprint density at radius 2 is 1.86 bits per heavy atom. The van der Waals surface area contributed by atoms with Gasteiger partial charge in [-0.1, -0.05) is 18.2 Å². The maximum atomic E-state index is 13.2. The number of aromatic nitrogens is 5. The summed E-state index contributed by atoms with van der Waals surface area (Å²) in [5.74, 6) is -0.134. The SMILES string of the molecule is Cc1cnc(C(=O)N2Cc3cn(-c4ccccc4)nc3-c3ccn(C)c3C2)cn1. The Morgan fingerprint density at radius 1 is 1.03 bits per heavy atom. The number of benzene rings is 1. The van der Waals surface area contributed by atoms with Crippen LogP contribution in [0.25, 0.3) is 16.9 Å². The molecule has 1 aromatic carbocycles. The van der Waals surface area contributed by atoms with E-state index < -0.39 is 0 Å². The predicted molar refractivity (Wildman–Crippen MR) is 108 cm³/mol. The van der Waals surface area contributed by atoms with E-state index in [0.29, 0.717) is 18.8 Å². The van der Waals surface area contributed by atoms with Crippen LogP contribution >= 0.6 is 0 Å². The van der Waals surface area contributed by atoms with Gasteiger partial charge in [-0.25, -0.2) is 9.67 Å². The number of hydrogen-bond donors (Lipinski definition) is 0. The number of amides is 1.